The Morgan fingerprint density at radius 2 is 2.08 bits per heavy atom. The normalized spacial score (nSPS) is 16.0. The molecule has 3 aromatic heterocycles. The lowest BCUT2D eigenvalue weighted by Gasteiger charge is -2.32. The number of carbonyl (C=O) groups is 1. The first-order valence-electron chi connectivity index (χ1n) is 8.41. The van der Waals surface area contributed by atoms with Crippen LogP contribution in [-0.4, -0.2) is 42.8 Å². The summed E-state index contributed by atoms with van der Waals surface area (Å²) in [5.74, 6) is 0.693. The summed E-state index contributed by atoms with van der Waals surface area (Å²) in [6.07, 6.45) is 9.64. The number of amides is 1. The minimum atomic E-state index is 0.0901. The zero-order valence-electron chi connectivity index (χ0n) is 13.8. The number of hydrogen-bond donors (Lipinski definition) is 0. The van der Waals surface area contributed by atoms with Gasteiger partial charge in [0.25, 0.3) is 5.91 Å². The largest absolute Gasteiger partial charge is 0.337 e. The molecular formula is C18H21N5O. The van der Waals surface area contributed by atoms with Gasteiger partial charge in [-0.05, 0) is 37.8 Å². The van der Waals surface area contributed by atoms with Crippen molar-refractivity contribution >= 4 is 11.6 Å². The van der Waals surface area contributed by atoms with Crippen LogP contribution in [0.3, 0.4) is 0 Å². The first kappa shape index (κ1) is 14.9. The second-order valence-electron chi connectivity index (χ2n) is 6.47. The Morgan fingerprint density at radius 1 is 1.25 bits per heavy atom. The highest BCUT2D eigenvalue weighted by molar-refractivity contribution is 5.94. The number of aromatic nitrogens is 4. The van der Waals surface area contributed by atoms with E-state index in [1.165, 1.54) is 0 Å². The number of hydrogen-bond acceptors (Lipinski definition) is 3. The quantitative estimate of drug-likeness (QED) is 0.744. The van der Waals surface area contributed by atoms with Gasteiger partial charge in [-0.15, -0.1) is 0 Å². The monoisotopic (exact) mass is 323 g/mol. The molecule has 0 radical (unpaired) electrons. The minimum Gasteiger partial charge on any atom is -0.337 e. The number of fused-ring (bicyclic) bond motifs is 1. The lowest BCUT2D eigenvalue weighted by molar-refractivity contribution is 0.0675. The van der Waals surface area contributed by atoms with Crippen molar-refractivity contribution in [1.82, 2.24) is 23.8 Å². The van der Waals surface area contributed by atoms with E-state index >= 15 is 0 Å². The van der Waals surface area contributed by atoms with Gasteiger partial charge in [-0.25, -0.2) is 9.97 Å². The Morgan fingerprint density at radius 3 is 2.83 bits per heavy atom. The number of imidazole rings is 2. The van der Waals surface area contributed by atoms with E-state index < -0.39 is 0 Å². The highest BCUT2D eigenvalue weighted by atomic mass is 16.2. The molecule has 0 aromatic carbocycles. The first-order chi connectivity index (χ1) is 11.7. The number of pyridine rings is 1. The molecule has 0 atom stereocenters. The van der Waals surface area contributed by atoms with Crippen LogP contribution in [0.4, 0.5) is 0 Å². The van der Waals surface area contributed by atoms with Crippen LogP contribution in [0.5, 0.6) is 0 Å². The second kappa shape index (κ2) is 6.11. The molecular weight excluding hydrogens is 302 g/mol. The lowest BCUT2D eigenvalue weighted by atomic mass is 9.96. The summed E-state index contributed by atoms with van der Waals surface area (Å²) in [6.45, 7) is 4.50. The van der Waals surface area contributed by atoms with Gasteiger partial charge in [0.1, 0.15) is 11.3 Å². The van der Waals surface area contributed by atoms with Crippen LogP contribution >= 0.6 is 0 Å². The number of likely N-dealkylation sites (tertiary alicyclic amines) is 1. The highest BCUT2D eigenvalue weighted by Crippen LogP contribution is 2.22. The maximum atomic E-state index is 13.0. The van der Waals surface area contributed by atoms with Crippen LogP contribution in [0, 0.1) is 12.8 Å². The zero-order chi connectivity index (χ0) is 16.5. The van der Waals surface area contributed by atoms with Crippen molar-refractivity contribution in [3.8, 4) is 0 Å². The van der Waals surface area contributed by atoms with E-state index in [0.29, 0.717) is 11.6 Å². The van der Waals surface area contributed by atoms with E-state index in [0.717, 1.165) is 43.8 Å². The summed E-state index contributed by atoms with van der Waals surface area (Å²) in [5, 5.41) is 0. The molecule has 0 N–H and O–H groups in total. The van der Waals surface area contributed by atoms with E-state index in [-0.39, 0.29) is 5.91 Å². The standard InChI is InChI=1S/C18H21N5O/c1-14-17(23-8-3-2-4-16(23)20-14)18(24)22-9-5-15(6-10-22)12-21-11-7-19-13-21/h2-4,7-8,11,13,15H,5-6,9-10,12H2,1H3. The molecule has 1 aliphatic rings. The highest BCUT2D eigenvalue weighted by Gasteiger charge is 2.27. The Bertz CT molecular complexity index is 844. The Hall–Kier alpha value is -2.63. The van der Waals surface area contributed by atoms with Gasteiger partial charge in [0.2, 0.25) is 0 Å². The summed E-state index contributed by atoms with van der Waals surface area (Å²) in [4.78, 5) is 23.5. The zero-order valence-corrected chi connectivity index (χ0v) is 13.8. The third-order valence-electron chi connectivity index (χ3n) is 4.84. The van der Waals surface area contributed by atoms with Crippen LogP contribution in [0.2, 0.25) is 0 Å². The fourth-order valence-corrected chi connectivity index (χ4v) is 3.53. The molecule has 0 spiro atoms. The van der Waals surface area contributed by atoms with Gasteiger partial charge in [0.05, 0.1) is 12.0 Å². The van der Waals surface area contributed by atoms with E-state index in [1.807, 2.05) is 59.3 Å². The summed E-state index contributed by atoms with van der Waals surface area (Å²) in [5.41, 5.74) is 2.32. The van der Waals surface area contributed by atoms with Crippen molar-refractivity contribution in [2.24, 2.45) is 5.92 Å². The van der Waals surface area contributed by atoms with E-state index in [2.05, 4.69) is 14.5 Å². The molecule has 3 aromatic rings. The number of aryl methyl sites for hydroxylation is 1. The average molecular weight is 323 g/mol. The fraction of sp³-hybridized carbons (Fsp3) is 0.389. The number of carbonyl (C=O) groups excluding carboxylic acids is 1. The fourth-order valence-electron chi connectivity index (χ4n) is 3.53. The molecule has 0 saturated carbocycles. The van der Waals surface area contributed by atoms with Crippen molar-refractivity contribution < 1.29 is 4.79 Å². The molecule has 24 heavy (non-hydrogen) atoms. The van der Waals surface area contributed by atoms with Crippen molar-refractivity contribution in [3.05, 3.63) is 54.5 Å². The van der Waals surface area contributed by atoms with Gasteiger partial charge in [0, 0.05) is 38.2 Å². The van der Waals surface area contributed by atoms with E-state index in [1.54, 1.807) is 0 Å². The minimum absolute atomic E-state index is 0.0901. The molecule has 4 heterocycles. The van der Waals surface area contributed by atoms with Gasteiger partial charge < -0.3 is 9.47 Å². The summed E-state index contributed by atoms with van der Waals surface area (Å²) < 4.78 is 4.02. The van der Waals surface area contributed by atoms with Crippen molar-refractivity contribution in [2.75, 3.05) is 13.1 Å². The molecule has 6 nitrogen and oxygen atoms in total. The third-order valence-corrected chi connectivity index (χ3v) is 4.84. The van der Waals surface area contributed by atoms with Gasteiger partial charge in [-0.2, -0.15) is 0 Å². The molecule has 1 aliphatic heterocycles. The molecule has 0 bridgehead atoms. The Labute approximate surface area is 140 Å². The predicted octanol–water partition coefficient (Wildman–Crippen LogP) is 2.39. The maximum Gasteiger partial charge on any atom is 0.272 e. The third kappa shape index (κ3) is 2.68. The van der Waals surface area contributed by atoms with Gasteiger partial charge >= 0.3 is 0 Å². The SMILES string of the molecule is Cc1nc2ccccn2c1C(=O)N1CCC(Cn2ccnc2)CC1. The molecule has 1 amide bonds. The molecule has 6 heteroatoms. The topological polar surface area (TPSA) is 55.4 Å². The first-order valence-corrected chi connectivity index (χ1v) is 8.41. The smallest absolute Gasteiger partial charge is 0.272 e. The van der Waals surface area contributed by atoms with Crippen LogP contribution in [0.1, 0.15) is 29.0 Å². The molecule has 0 aliphatic carbocycles. The number of rotatable bonds is 3. The van der Waals surface area contributed by atoms with Crippen molar-refractivity contribution in [3.63, 3.8) is 0 Å². The number of piperidine rings is 1. The van der Waals surface area contributed by atoms with Crippen LogP contribution in [0.25, 0.3) is 5.65 Å². The van der Waals surface area contributed by atoms with Gasteiger partial charge in [0.15, 0.2) is 0 Å². The Kier molecular flexibility index (Phi) is 3.80. The molecule has 4 rings (SSSR count). The lowest BCUT2D eigenvalue weighted by Crippen LogP contribution is -2.40. The van der Waals surface area contributed by atoms with E-state index in [4.69, 9.17) is 0 Å². The summed E-state index contributed by atoms with van der Waals surface area (Å²) >= 11 is 0. The van der Waals surface area contributed by atoms with Crippen LogP contribution in [-0.2, 0) is 6.54 Å². The van der Waals surface area contributed by atoms with E-state index in [9.17, 15) is 4.79 Å². The Balaban J connectivity index is 1.47. The van der Waals surface area contributed by atoms with Gasteiger partial charge in [-0.1, -0.05) is 6.07 Å². The molecule has 1 fully saturated rings. The maximum absolute atomic E-state index is 13.0. The van der Waals surface area contributed by atoms with Crippen LogP contribution < -0.4 is 0 Å². The summed E-state index contributed by atoms with van der Waals surface area (Å²) in [7, 11) is 0. The molecule has 0 unspecified atom stereocenters. The van der Waals surface area contributed by atoms with Crippen LogP contribution in [0.15, 0.2) is 43.1 Å². The second-order valence-corrected chi connectivity index (χ2v) is 6.47. The average Bonchev–Trinajstić information content (AvgIpc) is 3.21. The van der Waals surface area contributed by atoms with Gasteiger partial charge in [-0.3, -0.25) is 9.20 Å². The predicted molar refractivity (Wildman–Crippen MR) is 90.8 cm³/mol. The molecule has 124 valence electrons. The summed E-state index contributed by atoms with van der Waals surface area (Å²) in [6, 6.07) is 5.81. The number of nitrogens with zero attached hydrogens (tertiary/aromatic N) is 5. The van der Waals surface area contributed by atoms with Crippen molar-refractivity contribution in [2.45, 2.75) is 26.3 Å². The van der Waals surface area contributed by atoms with Crippen molar-refractivity contribution in [1.29, 1.82) is 0 Å². The molecule has 1 saturated heterocycles.